The van der Waals surface area contributed by atoms with Crippen LogP contribution in [0.2, 0.25) is 0 Å². The molecule has 0 atom stereocenters. The Morgan fingerprint density at radius 1 is 0.526 bits per heavy atom. The third-order valence-corrected chi connectivity index (χ3v) is 7.21. The summed E-state index contributed by atoms with van der Waals surface area (Å²) in [5.74, 6) is 0. The molecule has 184 valence electrons. The predicted molar refractivity (Wildman–Crippen MR) is 163 cm³/mol. The highest BCUT2D eigenvalue weighted by Gasteiger charge is 2.13. The van der Waals surface area contributed by atoms with Gasteiger partial charge in [-0.25, -0.2) is 0 Å². The SMILES string of the molecule is Cc1c(C)n(-c2ccccc2)c2ccc(/C=C/c3ccc(N(c4ccccc4)c4ccccc4)cc3)cc12. The number of fused-ring (bicyclic) bond motifs is 1. The van der Waals surface area contributed by atoms with Crippen molar-refractivity contribution in [2.45, 2.75) is 13.8 Å². The van der Waals surface area contributed by atoms with Crippen molar-refractivity contribution in [1.82, 2.24) is 4.57 Å². The molecule has 5 aromatic carbocycles. The average molecular weight is 491 g/mol. The number of benzene rings is 5. The van der Waals surface area contributed by atoms with Crippen LogP contribution in [0.25, 0.3) is 28.7 Å². The molecule has 0 aliphatic rings. The second-order valence-electron chi connectivity index (χ2n) is 9.59. The number of para-hydroxylation sites is 3. The lowest BCUT2D eigenvalue weighted by Crippen LogP contribution is -2.09. The number of aromatic nitrogens is 1. The highest BCUT2D eigenvalue weighted by atomic mass is 15.1. The van der Waals surface area contributed by atoms with Crippen molar-refractivity contribution >= 4 is 40.1 Å². The largest absolute Gasteiger partial charge is 0.314 e. The molecule has 38 heavy (non-hydrogen) atoms. The first-order valence-corrected chi connectivity index (χ1v) is 13.0. The second-order valence-corrected chi connectivity index (χ2v) is 9.59. The van der Waals surface area contributed by atoms with Gasteiger partial charge < -0.3 is 9.47 Å². The molecule has 1 heterocycles. The van der Waals surface area contributed by atoms with Crippen LogP contribution in [0, 0.1) is 13.8 Å². The molecule has 0 aliphatic heterocycles. The van der Waals surface area contributed by atoms with Crippen LogP contribution < -0.4 is 4.90 Å². The molecule has 0 fully saturated rings. The maximum absolute atomic E-state index is 2.35. The minimum absolute atomic E-state index is 1.13. The zero-order valence-electron chi connectivity index (χ0n) is 21.8. The summed E-state index contributed by atoms with van der Waals surface area (Å²) in [5, 5.41) is 1.30. The van der Waals surface area contributed by atoms with Gasteiger partial charge in [0.2, 0.25) is 0 Å². The molecule has 2 nitrogen and oxygen atoms in total. The Bertz CT molecular complexity index is 1660. The monoisotopic (exact) mass is 490 g/mol. The first kappa shape index (κ1) is 23.6. The second kappa shape index (κ2) is 10.3. The van der Waals surface area contributed by atoms with Gasteiger partial charge in [-0.05, 0) is 91.2 Å². The van der Waals surface area contributed by atoms with Gasteiger partial charge in [-0.1, -0.05) is 84.9 Å². The molecule has 0 spiro atoms. The van der Waals surface area contributed by atoms with E-state index in [1.165, 1.54) is 39.0 Å². The van der Waals surface area contributed by atoms with Gasteiger partial charge in [0, 0.05) is 33.8 Å². The van der Waals surface area contributed by atoms with Crippen molar-refractivity contribution in [2.24, 2.45) is 0 Å². The Balaban J connectivity index is 1.29. The van der Waals surface area contributed by atoms with E-state index in [2.05, 4.69) is 169 Å². The normalized spacial score (nSPS) is 11.3. The van der Waals surface area contributed by atoms with Gasteiger partial charge in [0.15, 0.2) is 0 Å². The number of anilines is 3. The van der Waals surface area contributed by atoms with E-state index < -0.39 is 0 Å². The zero-order valence-corrected chi connectivity index (χ0v) is 21.8. The van der Waals surface area contributed by atoms with E-state index in [1.807, 2.05) is 0 Å². The quantitative estimate of drug-likeness (QED) is 0.211. The first-order valence-electron chi connectivity index (χ1n) is 13.0. The summed E-state index contributed by atoms with van der Waals surface area (Å²) in [4.78, 5) is 2.28. The van der Waals surface area contributed by atoms with Crippen molar-refractivity contribution in [2.75, 3.05) is 4.90 Å². The number of hydrogen-bond acceptors (Lipinski definition) is 1. The Hall–Kier alpha value is -4.82. The fraction of sp³-hybridized carbons (Fsp3) is 0.0556. The molecular weight excluding hydrogens is 460 g/mol. The molecule has 0 aliphatic carbocycles. The van der Waals surface area contributed by atoms with Crippen LogP contribution in [-0.4, -0.2) is 4.57 Å². The molecule has 0 radical (unpaired) electrons. The molecule has 0 unspecified atom stereocenters. The highest BCUT2D eigenvalue weighted by Crippen LogP contribution is 2.34. The van der Waals surface area contributed by atoms with Crippen LogP contribution in [0.5, 0.6) is 0 Å². The van der Waals surface area contributed by atoms with E-state index in [0.717, 1.165) is 17.1 Å². The van der Waals surface area contributed by atoms with Gasteiger partial charge >= 0.3 is 0 Å². The summed E-state index contributed by atoms with van der Waals surface area (Å²) in [6.07, 6.45) is 4.39. The molecule has 0 bridgehead atoms. The zero-order chi connectivity index (χ0) is 25.9. The Kier molecular flexibility index (Phi) is 6.37. The fourth-order valence-electron chi connectivity index (χ4n) is 5.13. The molecule has 0 N–H and O–H groups in total. The van der Waals surface area contributed by atoms with Crippen molar-refractivity contribution in [3.05, 3.63) is 156 Å². The summed E-state index contributed by atoms with van der Waals surface area (Å²) in [7, 11) is 0. The fourth-order valence-corrected chi connectivity index (χ4v) is 5.13. The Labute approximate surface area is 224 Å². The molecular formula is C36H30N2. The van der Waals surface area contributed by atoms with Crippen LogP contribution >= 0.6 is 0 Å². The molecule has 0 saturated carbocycles. The predicted octanol–water partition coefficient (Wildman–Crippen LogP) is 9.89. The Morgan fingerprint density at radius 3 is 1.63 bits per heavy atom. The lowest BCUT2D eigenvalue weighted by atomic mass is 10.1. The van der Waals surface area contributed by atoms with Gasteiger partial charge in [-0.2, -0.15) is 0 Å². The van der Waals surface area contributed by atoms with E-state index in [0.29, 0.717) is 0 Å². The first-order chi connectivity index (χ1) is 18.7. The maximum atomic E-state index is 2.35. The van der Waals surface area contributed by atoms with Crippen LogP contribution in [0.4, 0.5) is 17.1 Å². The number of hydrogen-bond donors (Lipinski definition) is 0. The van der Waals surface area contributed by atoms with Gasteiger partial charge in [0.25, 0.3) is 0 Å². The van der Waals surface area contributed by atoms with E-state index in [9.17, 15) is 0 Å². The lowest BCUT2D eigenvalue weighted by molar-refractivity contribution is 1.04. The minimum atomic E-state index is 1.13. The van der Waals surface area contributed by atoms with Gasteiger partial charge in [-0.3, -0.25) is 0 Å². The molecule has 1 aromatic heterocycles. The number of rotatable bonds is 6. The standard InChI is InChI=1S/C36H30N2/c1-27-28(2)37(31-12-6-3-7-13-31)36-25-22-30(26-35(27)36)19-18-29-20-23-34(24-21-29)38(32-14-8-4-9-15-32)33-16-10-5-11-17-33/h3-26H,1-2H3/b19-18+. The number of nitrogens with zero attached hydrogens (tertiary/aromatic N) is 2. The summed E-state index contributed by atoms with van der Waals surface area (Å²) >= 11 is 0. The minimum Gasteiger partial charge on any atom is -0.314 e. The van der Waals surface area contributed by atoms with Gasteiger partial charge in [0.05, 0.1) is 5.52 Å². The lowest BCUT2D eigenvalue weighted by Gasteiger charge is -2.25. The van der Waals surface area contributed by atoms with E-state index >= 15 is 0 Å². The van der Waals surface area contributed by atoms with Crippen molar-refractivity contribution in [3.63, 3.8) is 0 Å². The van der Waals surface area contributed by atoms with E-state index in [-0.39, 0.29) is 0 Å². The number of aryl methyl sites for hydroxylation is 1. The van der Waals surface area contributed by atoms with Crippen LogP contribution in [0.15, 0.2) is 133 Å². The summed E-state index contributed by atoms with van der Waals surface area (Å²) in [6, 6.07) is 47.1. The van der Waals surface area contributed by atoms with Crippen molar-refractivity contribution in [3.8, 4) is 5.69 Å². The van der Waals surface area contributed by atoms with Crippen molar-refractivity contribution < 1.29 is 0 Å². The summed E-state index contributed by atoms with van der Waals surface area (Å²) in [5.41, 5.74) is 10.8. The molecule has 2 heteroatoms. The van der Waals surface area contributed by atoms with Crippen LogP contribution in [-0.2, 0) is 0 Å². The Morgan fingerprint density at radius 2 is 1.03 bits per heavy atom. The maximum Gasteiger partial charge on any atom is 0.0534 e. The van der Waals surface area contributed by atoms with E-state index in [4.69, 9.17) is 0 Å². The van der Waals surface area contributed by atoms with Gasteiger partial charge in [0.1, 0.15) is 0 Å². The highest BCUT2D eigenvalue weighted by molar-refractivity contribution is 5.90. The van der Waals surface area contributed by atoms with Crippen molar-refractivity contribution in [1.29, 1.82) is 0 Å². The van der Waals surface area contributed by atoms with Gasteiger partial charge in [-0.15, -0.1) is 0 Å². The molecule has 6 aromatic rings. The topological polar surface area (TPSA) is 8.17 Å². The summed E-state index contributed by atoms with van der Waals surface area (Å²) < 4.78 is 2.35. The molecule has 0 amide bonds. The van der Waals surface area contributed by atoms with Crippen LogP contribution in [0.3, 0.4) is 0 Å². The molecule has 0 saturated heterocycles. The smallest absolute Gasteiger partial charge is 0.0534 e. The van der Waals surface area contributed by atoms with E-state index in [1.54, 1.807) is 0 Å². The van der Waals surface area contributed by atoms with Crippen LogP contribution in [0.1, 0.15) is 22.4 Å². The third-order valence-electron chi connectivity index (χ3n) is 7.21. The summed E-state index contributed by atoms with van der Waals surface area (Å²) in [6.45, 7) is 4.42. The molecule has 6 rings (SSSR count). The third kappa shape index (κ3) is 4.53. The average Bonchev–Trinajstić information content (AvgIpc) is 3.23.